The van der Waals surface area contributed by atoms with Crippen molar-refractivity contribution >= 4 is 5.91 Å². The van der Waals surface area contributed by atoms with Gasteiger partial charge in [0.05, 0.1) is 18.8 Å². The molecule has 2 heterocycles. The van der Waals surface area contributed by atoms with Crippen LogP contribution >= 0.6 is 0 Å². The number of nitrogens with zero attached hydrogens (tertiary/aromatic N) is 3. The highest BCUT2D eigenvalue weighted by molar-refractivity contribution is 5.81. The summed E-state index contributed by atoms with van der Waals surface area (Å²) < 4.78 is 10.8. The van der Waals surface area contributed by atoms with Crippen LogP contribution in [0.3, 0.4) is 0 Å². The highest BCUT2D eigenvalue weighted by Gasteiger charge is 2.22. The van der Waals surface area contributed by atoms with Crippen molar-refractivity contribution in [1.82, 2.24) is 20.4 Å². The molecule has 0 fully saturated rings. The molecule has 7 heteroatoms. The van der Waals surface area contributed by atoms with E-state index in [1.165, 1.54) is 0 Å². The second-order valence-electron chi connectivity index (χ2n) is 5.02. The molecule has 0 unspecified atom stereocenters. The van der Waals surface area contributed by atoms with E-state index in [1.54, 1.807) is 18.4 Å². The maximum atomic E-state index is 12.0. The average molecular weight is 306 g/mol. The molecule has 0 spiro atoms. The third kappa shape index (κ3) is 3.94. The largest absolute Gasteiger partial charge is 0.459 e. The summed E-state index contributed by atoms with van der Waals surface area (Å²) in [7, 11) is 0. The lowest BCUT2D eigenvalue weighted by atomic mass is 10.2. The zero-order valence-electron chi connectivity index (χ0n) is 13.2. The van der Waals surface area contributed by atoms with E-state index in [0.29, 0.717) is 30.6 Å². The Labute approximate surface area is 129 Å². The van der Waals surface area contributed by atoms with Crippen LogP contribution in [-0.4, -0.2) is 40.1 Å². The van der Waals surface area contributed by atoms with Gasteiger partial charge in [-0.1, -0.05) is 6.92 Å². The Hall–Kier alpha value is -2.15. The third-order valence-corrected chi connectivity index (χ3v) is 3.33. The molecule has 0 bridgehead atoms. The van der Waals surface area contributed by atoms with Crippen LogP contribution in [0, 0.1) is 0 Å². The van der Waals surface area contributed by atoms with E-state index < -0.39 is 0 Å². The van der Waals surface area contributed by atoms with E-state index in [9.17, 15) is 4.79 Å². The van der Waals surface area contributed by atoms with Crippen LogP contribution in [0.2, 0.25) is 0 Å². The first-order valence-corrected chi connectivity index (χ1v) is 7.53. The smallest absolute Gasteiger partial charge is 0.283 e. The van der Waals surface area contributed by atoms with E-state index >= 15 is 0 Å². The van der Waals surface area contributed by atoms with Gasteiger partial charge in [-0.2, -0.15) is 0 Å². The van der Waals surface area contributed by atoms with Gasteiger partial charge >= 0.3 is 0 Å². The van der Waals surface area contributed by atoms with Gasteiger partial charge < -0.3 is 14.2 Å². The Morgan fingerprint density at radius 3 is 2.86 bits per heavy atom. The molecule has 1 atom stereocenters. The van der Waals surface area contributed by atoms with Gasteiger partial charge in [-0.15, -0.1) is 10.2 Å². The summed E-state index contributed by atoms with van der Waals surface area (Å²) in [4.78, 5) is 14.0. The van der Waals surface area contributed by atoms with Gasteiger partial charge in [0.2, 0.25) is 11.8 Å². The highest BCUT2D eigenvalue weighted by atomic mass is 16.4. The minimum Gasteiger partial charge on any atom is -0.459 e. The molecule has 0 saturated heterocycles. The van der Waals surface area contributed by atoms with E-state index in [-0.39, 0.29) is 11.9 Å². The third-order valence-electron chi connectivity index (χ3n) is 3.33. The second kappa shape index (κ2) is 7.74. The average Bonchev–Trinajstić information content (AvgIpc) is 3.17. The first-order valence-electron chi connectivity index (χ1n) is 7.53. The summed E-state index contributed by atoms with van der Waals surface area (Å²) in [5.74, 6) is 1.36. The Kier molecular flexibility index (Phi) is 5.71. The number of rotatable bonds is 8. The van der Waals surface area contributed by atoms with E-state index in [0.717, 1.165) is 13.0 Å². The molecule has 0 radical (unpaired) electrons. The van der Waals surface area contributed by atoms with E-state index in [4.69, 9.17) is 8.83 Å². The molecule has 2 aromatic heterocycles. The van der Waals surface area contributed by atoms with Crippen LogP contribution in [0.4, 0.5) is 0 Å². The number of furan rings is 1. The fourth-order valence-corrected chi connectivity index (χ4v) is 2.18. The number of hydrogen-bond donors (Lipinski definition) is 1. The van der Waals surface area contributed by atoms with Crippen LogP contribution in [0.15, 0.2) is 27.2 Å². The fourth-order valence-electron chi connectivity index (χ4n) is 2.18. The van der Waals surface area contributed by atoms with Crippen LogP contribution in [-0.2, 0) is 11.3 Å². The molecule has 7 nitrogen and oxygen atoms in total. The highest BCUT2D eigenvalue weighted by Crippen LogP contribution is 2.19. The molecular formula is C15H22N4O3. The van der Waals surface area contributed by atoms with Crippen LogP contribution in [0.5, 0.6) is 0 Å². The molecule has 120 valence electrons. The fraction of sp³-hybridized carbons (Fsp3) is 0.533. The van der Waals surface area contributed by atoms with Crippen molar-refractivity contribution in [2.45, 2.75) is 39.8 Å². The lowest BCUT2D eigenvalue weighted by molar-refractivity contribution is -0.126. The van der Waals surface area contributed by atoms with Gasteiger partial charge in [-0.25, -0.2) is 0 Å². The standard InChI is InChI=1S/C15H22N4O3/c1-4-8-19(11(3)14(20)16-5-2)10-13-17-18-15(22-13)12-7-6-9-21-12/h6-7,9,11H,4-5,8,10H2,1-3H3,(H,16,20)/t11-/m0/s1. The minimum absolute atomic E-state index is 0.00160. The second-order valence-corrected chi connectivity index (χ2v) is 5.02. The maximum Gasteiger partial charge on any atom is 0.283 e. The van der Waals surface area contributed by atoms with Crippen molar-refractivity contribution in [3.8, 4) is 11.7 Å². The number of carbonyl (C=O) groups is 1. The van der Waals surface area contributed by atoms with E-state index in [2.05, 4.69) is 22.4 Å². The van der Waals surface area contributed by atoms with Crippen LogP contribution in [0.1, 0.15) is 33.1 Å². The van der Waals surface area contributed by atoms with Gasteiger partial charge in [-0.3, -0.25) is 9.69 Å². The molecule has 2 rings (SSSR count). The number of likely N-dealkylation sites (N-methyl/N-ethyl adjacent to an activating group) is 1. The lowest BCUT2D eigenvalue weighted by Gasteiger charge is -2.26. The van der Waals surface area contributed by atoms with Crippen molar-refractivity contribution in [1.29, 1.82) is 0 Å². The summed E-state index contributed by atoms with van der Waals surface area (Å²) in [5.41, 5.74) is 0. The summed E-state index contributed by atoms with van der Waals surface area (Å²) in [6.07, 6.45) is 2.49. The Morgan fingerprint density at radius 1 is 1.41 bits per heavy atom. The number of aromatic nitrogens is 2. The molecule has 0 aliphatic rings. The number of amides is 1. The van der Waals surface area contributed by atoms with Crippen molar-refractivity contribution in [2.75, 3.05) is 13.1 Å². The molecule has 0 aromatic carbocycles. The first-order chi connectivity index (χ1) is 10.7. The van der Waals surface area contributed by atoms with Crippen molar-refractivity contribution < 1.29 is 13.6 Å². The summed E-state index contributed by atoms with van der Waals surface area (Å²) in [6.45, 7) is 7.68. The van der Waals surface area contributed by atoms with Gasteiger partial charge in [0.15, 0.2) is 5.76 Å². The first kappa shape index (κ1) is 16.2. The molecular weight excluding hydrogens is 284 g/mol. The summed E-state index contributed by atoms with van der Waals surface area (Å²) >= 11 is 0. The quantitative estimate of drug-likeness (QED) is 0.803. The van der Waals surface area contributed by atoms with E-state index in [1.807, 2.05) is 18.7 Å². The summed E-state index contributed by atoms with van der Waals surface area (Å²) in [6, 6.07) is 3.27. The minimum atomic E-state index is -0.251. The summed E-state index contributed by atoms with van der Waals surface area (Å²) in [5, 5.41) is 10.8. The Bertz CT molecular complexity index is 579. The monoisotopic (exact) mass is 306 g/mol. The molecule has 0 aliphatic carbocycles. The molecule has 1 amide bonds. The number of carbonyl (C=O) groups excluding carboxylic acids is 1. The lowest BCUT2D eigenvalue weighted by Crippen LogP contribution is -2.45. The topological polar surface area (TPSA) is 84.4 Å². The van der Waals surface area contributed by atoms with Crippen LogP contribution < -0.4 is 5.32 Å². The van der Waals surface area contributed by atoms with Crippen LogP contribution in [0.25, 0.3) is 11.7 Å². The number of nitrogens with one attached hydrogen (secondary N) is 1. The van der Waals surface area contributed by atoms with Gasteiger partial charge in [0, 0.05) is 6.54 Å². The van der Waals surface area contributed by atoms with Crippen molar-refractivity contribution in [3.05, 3.63) is 24.3 Å². The Morgan fingerprint density at radius 2 is 2.23 bits per heavy atom. The predicted octanol–water partition coefficient (Wildman–Crippen LogP) is 2.07. The number of hydrogen-bond acceptors (Lipinski definition) is 6. The molecule has 22 heavy (non-hydrogen) atoms. The van der Waals surface area contributed by atoms with Gasteiger partial charge in [-0.05, 0) is 38.9 Å². The SMILES string of the molecule is CCCN(Cc1nnc(-c2ccco2)o1)[C@@H](C)C(=O)NCC. The zero-order valence-corrected chi connectivity index (χ0v) is 13.2. The molecule has 1 N–H and O–H groups in total. The zero-order chi connectivity index (χ0) is 15.9. The van der Waals surface area contributed by atoms with Gasteiger partial charge in [0.1, 0.15) is 0 Å². The predicted molar refractivity (Wildman–Crippen MR) is 80.8 cm³/mol. The van der Waals surface area contributed by atoms with Gasteiger partial charge in [0.25, 0.3) is 5.89 Å². The van der Waals surface area contributed by atoms with Crippen molar-refractivity contribution in [2.24, 2.45) is 0 Å². The molecule has 0 saturated carbocycles. The van der Waals surface area contributed by atoms with Crippen molar-refractivity contribution in [3.63, 3.8) is 0 Å². The molecule has 2 aromatic rings. The Balaban J connectivity index is 2.06. The maximum absolute atomic E-state index is 12.0. The normalized spacial score (nSPS) is 12.5. The molecule has 0 aliphatic heterocycles.